The molecule has 0 unspecified atom stereocenters. The van der Waals surface area contributed by atoms with Crippen LogP contribution in [0.4, 0.5) is 16.2 Å². The lowest BCUT2D eigenvalue weighted by molar-refractivity contribution is -0.141. The van der Waals surface area contributed by atoms with Crippen molar-refractivity contribution < 1.29 is 14.3 Å². The Balaban J connectivity index is 1.53. The molecule has 0 saturated carbocycles. The molecule has 0 aromatic carbocycles. The Morgan fingerprint density at radius 2 is 2.11 bits per heavy atom. The maximum absolute atomic E-state index is 13.7. The number of aliphatic hydroxyl groups excluding tert-OH is 1. The molecule has 2 N–H and O–H groups in total. The number of nitrogens with zero attached hydrogens (tertiary/aromatic N) is 4. The number of aliphatic hydroxyl groups is 1. The predicted octanol–water partition coefficient (Wildman–Crippen LogP) is 1.80. The lowest BCUT2D eigenvalue weighted by Crippen LogP contribution is -2.60. The number of allylic oxidation sites excluding steroid dienone is 2. The molecule has 0 radical (unpaired) electrons. The lowest BCUT2D eigenvalue weighted by Gasteiger charge is -2.51. The van der Waals surface area contributed by atoms with Crippen LogP contribution in [0.2, 0.25) is 0 Å². The summed E-state index contributed by atoms with van der Waals surface area (Å²) in [5.41, 5.74) is -0.393. The Hall–Kier alpha value is -2.22. The van der Waals surface area contributed by atoms with E-state index in [4.69, 9.17) is 0 Å². The summed E-state index contributed by atoms with van der Waals surface area (Å²) in [7, 11) is 1.62. The number of hydrogen-bond acceptors (Lipinski definition) is 6. The fraction of sp³-hybridized carbons (Fsp3) is 0.650. The topological polar surface area (TPSA) is 81.6 Å². The molecule has 28 heavy (non-hydrogen) atoms. The molecule has 152 valence electrons. The van der Waals surface area contributed by atoms with E-state index in [0.29, 0.717) is 32.0 Å². The minimum Gasteiger partial charge on any atom is -0.392 e. The summed E-state index contributed by atoms with van der Waals surface area (Å²) in [5.74, 6) is 0.381. The first kappa shape index (κ1) is 19.1. The Bertz CT molecular complexity index is 765. The third-order valence-corrected chi connectivity index (χ3v) is 6.41. The van der Waals surface area contributed by atoms with Crippen molar-refractivity contribution in [3.8, 4) is 0 Å². The molecule has 4 rings (SSSR count). The molecular formula is C20H28FN5O2. The Morgan fingerprint density at radius 3 is 2.86 bits per heavy atom. The van der Waals surface area contributed by atoms with Gasteiger partial charge in [0.1, 0.15) is 0 Å². The van der Waals surface area contributed by atoms with Gasteiger partial charge in [0.15, 0.2) is 11.6 Å². The number of likely N-dealkylation sites (tertiary alicyclic amines) is 1. The zero-order valence-electron chi connectivity index (χ0n) is 16.3. The van der Waals surface area contributed by atoms with Gasteiger partial charge in [-0.05, 0) is 32.1 Å². The van der Waals surface area contributed by atoms with Crippen LogP contribution in [0, 0.1) is 17.2 Å². The van der Waals surface area contributed by atoms with E-state index in [-0.39, 0.29) is 17.6 Å². The summed E-state index contributed by atoms with van der Waals surface area (Å²) < 4.78 is 13.7. The monoisotopic (exact) mass is 389 g/mol. The molecule has 0 bridgehead atoms. The van der Waals surface area contributed by atoms with Crippen molar-refractivity contribution in [3.63, 3.8) is 0 Å². The van der Waals surface area contributed by atoms with Crippen molar-refractivity contribution in [1.29, 1.82) is 0 Å². The van der Waals surface area contributed by atoms with Gasteiger partial charge >= 0.3 is 0 Å². The van der Waals surface area contributed by atoms with Crippen LogP contribution in [-0.4, -0.2) is 65.2 Å². The van der Waals surface area contributed by atoms with E-state index < -0.39 is 17.3 Å². The molecule has 2 saturated heterocycles. The van der Waals surface area contributed by atoms with Crippen LogP contribution in [0.5, 0.6) is 0 Å². The lowest BCUT2D eigenvalue weighted by atomic mass is 9.71. The number of rotatable bonds is 3. The number of aromatic nitrogens is 2. The molecule has 2 fully saturated rings. The molecule has 2 aliphatic heterocycles. The number of nitrogens with one attached hydrogen (secondary N) is 1. The Labute approximate surface area is 164 Å². The fourth-order valence-corrected chi connectivity index (χ4v) is 4.83. The van der Waals surface area contributed by atoms with E-state index in [1.807, 2.05) is 9.80 Å². The number of anilines is 2. The third-order valence-electron chi connectivity index (χ3n) is 6.41. The van der Waals surface area contributed by atoms with Crippen molar-refractivity contribution in [3.05, 3.63) is 24.2 Å². The third kappa shape index (κ3) is 3.45. The van der Waals surface area contributed by atoms with Crippen LogP contribution in [0.1, 0.15) is 32.1 Å². The van der Waals surface area contributed by atoms with Crippen molar-refractivity contribution in [2.45, 2.75) is 38.2 Å². The molecular weight excluding hydrogens is 361 g/mol. The zero-order valence-corrected chi connectivity index (χ0v) is 16.3. The number of carbonyl (C=O) groups is 1. The van der Waals surface area contributed by atoms with Crippen molar-refractivity contribution in [2.75, 3.05) is 43.4 Å². The standard InChI is InChI=1S/C20H28FN5O2/c1-22-17-15(21)11-23-19(24-17)26-10-7-16(27)20(13-26)8-4-9-25(12-20)18(28)14-5-2-3-6-14/h2-3,11,14,16,27H,4-10,12-13H2,1H3,(H,22,23,24)/t16-,20+/m1/s1. The van der Waals surface area contributed by atoms with Gasteiger partial charge in [-0.2, -0.15) is 4.98 Å². The molecule has 3 aliphatic rings. The highest BCUT2D eigenvalue weighted by atomic mass is 19.1. The van der Waals surface area contributed by atoms with Gasteiger partial charge in [0.2, 0.25) is 11.9 Å². The number of hydrogen-bond donors (Lipinski definition) is 2. The second kappa shape index (κ2) is 7.66. The van der Waals surface area contributed by atoms with Gasteiger partial charge in [-0.15, -0.1) is 0 Å². The molecule has 1 aromatic heterocycles. The summed E-state index contributed by atoms with van der Waals surface area (Å²) in [6.07, 6.45) is 8.80. The van der Waals surface area contributed by atoms with Crippen LogP contribution >= 0.6 is 0 Å². The van der Waals surface area contributed by atoms with Crippen molar-refractivity contribution >= 4 is 17.7 Å². The van der Waals surface area contributed by atoms with Crippen molar-refractivity contribution in [2.24, 2.45) is 11.3 Å². The average Bonchev–Trinajstić information content (AvgIpc) is 3.25. The maximum Gasteiger partial charge on any atom is 0.227 e. The van der Waals surface area contributed by atoms with E-state index in [1.54, 1.807) is 7.05 Å². The quantitative estimate of drug-likeness (QED) is 0.768. The molecule has 2 atom stereocenters. The maximum atomic E-state index is 13.7. The van der Waals surface area contributed by atoms with E-state index in [2.05, 4.69) is 27.4 Å². The molecule has 1 amide bonds. The number of carbonyl (C=O) groups excluding carboxylic acids is 1. The van der Waals surface area contributed by atoms with Gasteiger partial charge in [0, 0.05) is 44.6 Å². The van der Waals surface area contributed by atoms with Gasteiger partial charge in [0.25, 0.3) is 0 Å². The van der Waals surface area contributed by atoms with Crippen LogP contribution < -0.4 is 10.2 Å². The molecule has 7 nitrogen and oxygen atoms in total. The van der Waals surface area contributed by atoms with Gasteiger partial charge in [-0.3, -0.25) is 4.79 Å². The summed E-state index contributed by atoms with van der Waals surface area (Å²) in [5, 5.41) is 13.6. The molecule has 8 heteroatoms. The average molecular weight is 389 g/mol. The molecule has 1 spiro atoms. The van der Waals surface area contributed by atoms with Gasteiger partial charge in [-0.1, -0.05) is 12.2 Å². The summed E-state index contributed by atoms with van der Waals surface area (Å²) in [4.78, 5) is 25.3. The van der Waals surface area contributed by atoms with Crippen LogP contribution in [-0.2, 0) is 4.79 Å². The number of piperidine rings is 2. The highest BCUT2D eigenvalue weighted by Crippen LogP contribution is 2.40. The predicted molar refractivity (Wildman–Crippen MR) is 104 cm³/mol. The van der Waals surface area contributed by atoms with Crippen molar-refractivity contribution in [1.82, 2.24) is 14.9 Å². The second-order valence-electron chi connectivity index (χ2n) is 8.21. The van der Waals surface area contributed by atoms with Crippen LogP contribution in [0.25, 0.3) is 0 Å². The number of halogens is 1. The Morgan fingerprint density at radius 1 is 1.32 bits per heavy atom. The van der Waals surface area contributed by atoms with E-state index in [0.717, 1.165) is 32.2 Å². The number of amides is 1. The van der Waals surface area contributed by atoms with Gasteiger partial charge < -0.3 is 20.2 Å². The van der Waals surface area contributed by atoms with Gasteiger partial charge in [0.05, 0.1) is 12.3 Å². The normalized spacial score (nSPS) is 28.2. The summed E-state index contributed by atoms with van der Waals surface area (Å²) >= 11 is 0. The van der Waals surface area contributed by atoms with E-state index >= 15 is 0 Å². The SMILES string of the molecule is CNc1nc(N2CC[C@@H](O)[C@]3(CCCN(C(=O)C4CC=CC4)C3)C2)ncc1F. The largest absolute Gasteiger partial charge is 0.392 e. The van der Waals surface area contributed by atoms with Crippen LogP contribution in [0.3, 0.4) is 0 Å². The first-order valence-electron chi connectivity index (χ1n) is 10.1. The fourth-order valence-electron chi connectivity index (χ4n) is 4.83. The van der Waals surface area contributed by atoms with Crippen LogP contribution in [0.15, 0.2) is 18.3 Å². The summed E-state index contributed by atoms with van der Waals surface area (Å²) in [6.45, 7) is 2.48. The van der Waals surface area contributed by atoms with Gasteiger partial charge in [-0.25, -0.2) is 9.37 Å². The molecule has 1 aromatic rings. The summed E-state index contributed by atoms with van der Waals surface area (Å²) in [6, 6.07) is 0. The van der Waals surface area contributed by atoms with E-state index in [9.17, 15) is 14.3 Å². The smallest absolute Gasteiger partial charge is 0.227 e. The minimum absolute atomic E-state index is 0.0469. The van der Waals surface area contributed by atoms with E-state index in [1.165, 1.54) is 6.20 Å². The zero-order chi connectivity index (χ0) is 19.7. The Kier molecular flexibility index (Phi) is 5.23. The second-order valence-corrected chi connectivity index (χ2v) is 8.21. The highest BCUT2D eigenvalue weighted by molar-refractivity contribution is 5.79. The minimum atomic E-state index is -0.488. The molecule has 3 heterocycles. The molecule has 1 aliphatic carbocycles. The first-order valence-corrected chi connectivity index (χ1v) is 10.1. The highest BCUT2D eigenvalue weighted by Gasteiger charge is 2.47. The first-order chi connectivity index (χ1) is 13.5.